The predicted octanol–water partition coefficient (Wildman–Crippen LogP) is 3.14. The Labute approximate surface area is 143 Å². The molecule has 0 radical (unpaired) electrons. The molecule has 2 unspecified atom stereocenters. The van der Waals surface area contributed by atoms with Gasteiger partial charge in [-0.2, -0.15) is 0 Å². The zero-order valence-corrected chi connectivity index (χ0v) is 13.2. The number of phenolic OH excluding ortho intramolecular Hbond substituents is 1. The number of hydrogen-bond donors (Lipinski definition) is 1. The van der Waals surface area contributed by atoms with Crippen LogP contribution in [0.4, 0.5) is 0 Å². The lowest BCUT2D eigenvalue weighted by molar-refractivity contribution is 0.137. The molecule has 0 amide bonds. The summed E-state index contributed by atoms with van der Waals surface area (Å²) in [6.07, 6.45) is 3.62. The van der Waals surface area contributed by atoms with Gasteiger partial charge in [0.05, 0.1) is 18.1 Å². The zero-order chi connectivity index (χ0) is 16.5. The molecule has 0 saturated heterocycles. The van der Waals surface area contributed by atoms with Crippen molar-refractivity contribution in [1.82, 2.24) is 0 Å². The molecule has 25 heavy (non-hydrogen) atoms. The zero-order valence-electron chi connectivity index (χ0n) is 13.2. The first-order valence-corrected chi connectivity index (χ1v) is 8.22. The van der Waals surface area contributed by atoms with E-state index in [1.807, 2.05) is 24.3 Å². The highest BCUT2D eigenvalue weighted by Crippen LogP contribution is 2.57. The fourth-order valence-electron chi connectivity index (χ4n) is 3.99. The quantitative estimate of drug-likeness (QED) is 0.796. The molecule has 0 bridgehead atoms. The van der Waals surface area contributed by atoms with Crippen LogP contribution in [-0.4, -0.2) is 25.1 Å². The highest BCUT2D eigenvalue weighted by Gasteiger charge is 2.43. The first-order chi connectivity index (χ1) is 12.3. The third kappa shape index (κ3) is 1.68. The second-order valence-electron chi connectivity index (χ2n) is 6.47. The molecule has 0 aliphatic carbocycles. The van der Waals surface area contributed by atoms with E-state index in [1.54, 1.807) is 6.07 Å². The number of rotatable bonds is 0. The van der Waals surface area contributed by atoms with Crippen molar-refractivity contribution in [2.75, 3.05) is 20.0 Å². The SMILES string of the molecule is Oc1cc2c(c3c1OCC=C3)OCC1c3cc4c(cc3OC21)OCO4. The molecule has 0 fully saturated rings. The van der Waals surface area contributed by atoms with Crippen molar-refractivity contribution < 1.29 is 28.8 Å². The molecule has 2 aromatic rings. The van der Waals surface area contributed by atoms with Crippen molar-refractivity contribution in [3.63, 3.8) is 0 Å². The Morgan fingerprint density at radius 3 is 2.68 bits per heavy atom. The largest absolute Gasteiger partial charge is 0.504 e. The van der Waals surface area contributed by atoms with Crippen molar-refractivity contribution in [2.24, 2.45) is 0 Å². The van der Waals surface area contributed by atoms with Crippen molar-refractivity contribution in [3.05, 3.63) is 41.0 Å². The van der Waals surface area contributed by atoms with E-state index >= 15 is 0 Å². The van der Waals surface area contributed by atoms with Gasteiger partial charge in [-0.25, -0.2) is 0 Å². The standard InChI is InChI=1S/C19H14O6/c20-13-4-11-17(9-2-1-3-21-19(9)13)22-7-12-10-5-15-16(24-8-23-15)6-14(10)25-18(11)12/h1-2,4-6,12,18,20H,3,7-8H2. The number of fused-ring (bicyclic) bond motifs is 8. The van der Waals surface area contributed by atoms with E-state index in [-0.39, 0.29) is 24.6 Å². The summed E-state index contributed by atoms with van der Waals surface area (Å²) in [6.45, 7) is 1.17. The maximum Gasteiger partial charge on any atom is 0.231 e. The Morgan fingerprint density at radius 1 is 0.880 bits per heavy atom. The molecule has 4 heterocycles. The Morgan fingerprint density at radius 2 is 1.76 bits per heavy atom. The van der Waals surface area contributed by atoms with Gasteiger partial charge in [-0.1, -0.05) is 0 Å². The number of hydrogen-bond acceptors (Lipinski definition) is 6. The summed E-state index contributed by atoms with van der Waals surface area (Å²) in [4.78, 5) is 0. The minimum Gasteiger partial charge on any atom is -0.504 e. The second-order valence-corrected chi connectivity index (χ2v) is 6.47. The first kappa shape index (κ1) is 13.3. The van der Waals surface area contributed by atoms with Gasteiger partial charge in [0.2, 0.25) is 6.79 Å². The van der Waals surface area contributed by atoms with Crippen LogP contribution in [0.2, 0.25) is 0 Å². The summed E-state index contributed by atoms with van der Waals surface area (Å²) < 4.78 is 28.8. The Kier molecular flexibility index (Phi) is 2.41. The van der Waals surface area contributed by atoms with E-state index in [4.69, 9.17) is 23.7 Å². The Balaban J connectivity index is 1.49. The fraction of sp³-hybridized carbons (Fsp3) is 0.263. The van der Waals surface area contributed by atoms with Gasteiger partial charge in [0, 0.05) is 17.2 Å². The third-order valence-electron chi connectivity index (χ3n) is 5.12. The fourth-order valence-corrected chi connectivity index (χ4v) is 3.99. The topological polar surface area (TPSA) is 66.4 Å². The van der Waals surface area contributed by atoms with Crippen LogP contribution < -0.4 is 23.7 Å². The highest BCUT2D eigenvalue weighted by atomic mass is 16.7. The normalized spacial score (nSPS) is 23.5. The van der Waals surface area contributed by atoms with Crippen LogP contribution in [0.5, 0.6) is 34.5 Å². The molecular formula is C19H14O6. The number of benzene rings is 2. The van der Waals surface area contributed by atoms with Gasteiger partial charge < -0.3 is 28.8 Å². The Bertz CT molecular complexity index is 948. The lowest BCUT2D eigenvalue weighted by Gasteiger charge is -2.30. The summed E-state index contributed by atoms with van der Waals surface area (Å²) in [6, 6.07) is 5.53. The molecule has 2 aromatic carbocycles. The van der Waals surface area contributed by atoms with Gasteiger partial charge >= 0.3 is 0 Å². The molecular weight excluding hydrogens is 324 g/mol. The van der Waals surface area contributed by atoms with Crippen molar-refractivity contribution >= 4 is 6.08 Å². The van der Waals surface area contributed by atoms with E-state index in [0.717, 1.165) is 33.9 Å². The van der Waals surface area contributed by atoms with Gasteiger partial charge in [0.25, 0.3) is 0 Å². The van der Waals surface area contributed by atoms with Gasteiger partial charge in [-0.05, 0) is 24.3 Å². The van der Waals surface area contributed by atoms with Gasteiger partial charge in [0.1, 0.15) is 24.2 Å². The van der Waals surface area contributed by atoms with E-state index in [0.29, 0.717) is 24.7 Å². The summed E-state index contributed by atoms with van der Waals surface area (Å²) in [5.41, 5.74) is 2.65. The molecule has 0 saturated carbocycles. The van der Waals surface area contributed by atoms with Crippen molar-refractivity contribution in [1.29, 1.82) is 0 Å². The molecule has 6 nitrogen and oxygen atoms in total. The molecule has 4 aliphatic heterocycles. The maximum atomic E-state index is 10.4. The Hall–Kier alpha value is -3.02. The summed E-state index contributed by atoms with van der Waals surface area (Å²) in [5, 5.41) is 10.4. The molecule has 6 heteroatoms. The number of ether oxygens (including phenoxy) is 5. The second kappa shape index (κ2) is 4.53. The van der Waals surface area contributed by atoms with Crippen molar-refractivity contribution in [2.45, 2.75) is 12.0 Å². The highest BCUT2D eigenvalue weighted by molar-refractivity contribution is 5.73. The van der Waals surface area contributed by atoms with E-state index in [2.05, 4.69) is 0 Å². The van der Waals surface area contributed by atoms with Crippen molar-refractivity contribution in [3.8, 4) is 34.5 Å². The van der Waals surface area contributed by atoms with Gasteiger partial charge in [-0.15, -0.1) is 0 Å². The monoisotopic (exact) mass is 338 g/mol. The van der Waals surface area contributed by atoms with Crippen LogP contribution in [-0.2, 0) is 0 Å². The smallest absolute Gasteiger partial charge is 0.231 e. The van der Waals surface area contributed by atoms with Crippen LogP contribution in [0.15, 0.2) is 24.3 Å². The van der Waals surface area contributed by atoms with E-state index < -0.39 is 0 Å². The molecule has 6 rings (SSSR count). The summed E-state index contributed by atoms with van der Waals surface area (Å²) >= 11 is 0. The molecule has 126 valence electrons. The van der Waals surface area contributed by atoms with Crippen LogP contribution in [0.1, 0.15) is 28.7 Å². The molecule has 0 aromatic heterocycles. The van der Waals surface area contributed by atoms with Crippen LogP contribution in [0.25, 0.3) is 6.08 Å². The van der Waals surface area contributed by atoms with Gasteiger partial charge in [-0.3, -0.25) is 0 Å². The summed E-state index contributed by atoms with van der Waals surface area (Å²) in [5.74, 6) is 3.55. The van der Waals surface area contributed by atoms with Gasteiger partial charge in [0.15, 0.2) is 23.0 Å². The van der Waals surface area contributed by atoms with Crippen LogP contribution >= 0.6 is 0 Å². The third-order valence-corrected chi connectivity index (χ3v) is 5.12. The minimum absolute atomic E-state index is 0.0444. The average molecular weight is 338 g/mol. The molecule has 4 aliphatic rings. The number of phenols is 1. The summed E-state index contributed by atoms with van der Waals surface area (Å²) in [7, 11) is 0. The van der Waals surface area contributed by atoms with E-state index in [1.165, 1.54) is 0 Å². The maximum absolute atomic E-state index is 10.4. The predicted molar refractivity (Wildman–Crippen MR) is 86.8 cm³/mol. The first-order valence-electron chi connectivity index (χ1n) is 8.22. The van der Waals surface area contributed by atoms with Crippen LogP contribution in [0, 0.1) is 0 Å². The van der Waals surface area contributed by atoms with E-state index in [9.17, 15) is 5.11 Å². The lowest BCUT2D eigenvalue weighted by Crippen LogP contribution is -2.24. The molecule has 1 N–H and O–H groups in total. The molecule has 0 spiro atoms. The molecule has 2 atom stereocenters. The average Bonchev–Trinajstić information content (AvgIpc) is 3.23. The number of aromatic hydroxyl groups is 1. The van der Waals surface area contributed by atoms with Crippen LogP contribution in [0.3, 0.4) is 0 Å². The minimum atomic E-state index is -0.215. The lowest BCUT2D eigenvalue weighted by atomic mass is 9.87.